The number of anilines is 3. The number of benzene rings is 3. The minimum atomic E-state index is -0.589. The van der Waals surface area contributed by atoms with Crippen molar-refractivity contribution in [3.63, 3.8) is 0 Å². The quantitative estimate of drug-likeness (QED) is 0.327. The second kappa shape index (κ2) is 7.72. The van der Waals surface area contributed by atoms with Gasteiger partial charge >= 0.3 is 0 Å². The fraction of sp³-hybridized carbons (Fsp3) is 0.0800. The summed E-state index contributed by atoms with van der Waals surface area (Å²) in [6.07, 6.45) is 0. The van der Waals surface area contributed by atoms with Crippen molar-refractivity contribution in [2.24, 2.45) is 0 Å². The average molecular weight is 415 g/mol. The number of nitrogens with one attached hydrogen (secondary N) is 2. The fourth-order valence-corrected chi connectivity index (χ4v) is 3.72. The third-order valence-electron chi connectivity index (χ3n) is 5.07. The van der Waals surface area contributed by atoms with Gasteiger partial charge in [0.2, 0.25) is 0 Å². The van der Waals surface area contributed by atoms with Crippen LogP contribution in [-0.4, -0.2) is 4.98 Å². The number of aromatic nitrogens is 1. The summed E-state index contributed by atoms with van der Waals surface area (Å²) in [5.74, 6) is 0.366. The number of pyridine rings is 1. The van der Waals surface area contributed by atoms with E-state index in [1.54, 1.807) is 0 Å². The lowest BCUT2D eigenvalue weighted by Gasteiger charge is -2.12. The molecule has 0 saturated carbocycles. The Bertz CT molecular complexity index is 1390. The van der Waals surface area contributed by atoms with Crippen LogP contribution >= 0.6 is 0 Å². The van der Waals surface area contributed by atoms with Crippen molar-refractivity contribution in [1.29, 1.82) is 0 Å². The summed E-state index contributed by atoms with van der Waals surface area (Å²) in [6, 6.07) is 21.0. The molecule has 2 heterocycles. The standard InChI is InChI=1S/C25H19F2N3O/c1-15-10-17-4-2-7-23(25(17)31-15)30-24-9-8-20-21(5-3-6-22(20)29-24)28-14-16-11-18(26)13-19(27)12-16/h2-13,28H,14H2,1H3,(H,29,30). The summed E-state index contributed by atoms with van der Waals surface area (Å²) in [6.45, 7) is 2.22. The molecule has 0 saturated heterocycles. The highest BCUT2D eigenvalue weighted by molar-refractivity contribution is 5.94. The first kappa shape index (κ1) is 19.1. The number of rotatable bonds is 5. The first-order valence-electron chi connectivity index (χ1n) is 9.90. The largest absolute Gasteiger partial charge is 0.459 e. The van der Waals surface area contributed by atoms with E-state index in [9.17, 15) is 8.78 Å². The van der Waals surface area contributed by atoms with E-state index >= 15 is 0 Å². The smallest absolute Gasteiger partial charge is 0.157 e. The maximum Gasteiger partial charge on any atom is 0.157 e. The summed E-state index contributed by atoms with van der Waals surface area (Å²) in [4.78, 5) is 4.72. The van der Waals surface area contributed by atoms with Crippen LogP contribution in [0.1, 0.15) is 11.3 Å². The second-order valence-electron chi connectivity index (χ2n) is 7.41. The Morgan fingerprint density at radius 2 is 1.65 bits per heavy atom. The van der Waals surface area contributed by atoms with Gasteiger partial charge in [0.05, 0.1) is 11.2 Å². The van der Waals surface area contributed by atoms with E-state index in [1.165, 1.54) is 12.1 Å². The minimum absolute atomic E-state index is 0.299. The van der Waals surface area contributed by atoms with Gasteiger partial charge in [0.25, 0.3) is 0 Å². The molecule has 0 bridgehead atoms. The number of hydrogen-bond donors (Lipinski definition) is 2. The highest BCUT2D eigenvalue weighted by atomic mass is 19.1. The molecule has 0 fully saturated rings. The van der Waals surface area contributed by atoms with E-state index in [4.69, 9.17) is 9.40 Å². The van der Waals surface area contributed by atoms with Crippen LogP contribution in [0.5, 0.6) is 0 Å². The van der Waals surface area contributed by atoms with Gasteiger partial charge in [-0.2, -0.15) is 0 Å². The van der Waals surface area contributed by atoms with Gasteiger partial charge in [0.15, 0.2) is 5.58 Å². The van der Waals surface area contributed by atoms with Crippen LogP contribution < -0.4 is 10.6 Å². The monoisotopic (exact) mass is 415 g/mol. The molecular formula is C25H19F2N3O. The lowest BCUT2D eigenvalue weighted by Crippen LogP contribution is -2.02. The predicted molar refractivity (Wildman–Crippen MR) is 120 cm³/mol. The molecule has 5 rings (SSSR count). The van der Waals surface area contributed by atoms with Crippen molar-refractivity contribution < 1.29 is 13.2 Å². The molecule has 0 spiro atoms. The molecule has 6 heteroatoms. The van der Waals surface area contributed by atoms with E-state index in [1.807, 2.05) is 61.5 Å². The van der Waals surface area contributed by atoms with Crippen molar-refractivity contribution in [1.82, 2.24) is 4.98 Å². The molecule has 0 radical (unpaired) electrons. The van der Waals surface area contributed by atoms with Crippen LogP contribution in [0.3, 0.4) is 0 Å². The van der Waals surface area contributed by atoms with Gasteiger partial charge < -0.3 is 15.1 Å². The zero-order valence-electron chi connectivity index (χ0n) is 16.7. The van der Waals surface area contributed by atoms with Gasteiger partial charge in [-0.15, -0.1) is 0 Å². The Morgan fingerprint density at radius 1 is 0.871 bits per heavy atom. The maximum absolute atomic E-state index is 13.4. The normalized spacial score (nSPS) is 11.2. The molecule has 3 aromatic carbocycles. The summed E-state index contributed by atoms with van der Waals surface area (Å²) >= 11 is 0. The average Bonchev–Trinajstić information content (AvgIpc) is 3.12. The Morgan fingerprint density at radius 3 is 2.48 bits per heavy atom. The third kappa shape index (κ3) is 3.92. The first-order chi connectivity index (χ1) is 15.0. The lowest BCUT2D eigenvalue weighted by atomic mass is 10.1. The summed E-state index contributed by atoms with van der Waals surface area (Å²) in [5.41, 5.74) is 3.80. The highest BCUT2D eigenvalue weighted by Crippen LogP contribution is 2.30. The Labute approximate surface area is 177 Å². The zero-order valence-corrected chi connectivity index (χ0v) is 16.7. The Hall–Kier alpha value is -3.93. The number of fused-ring (bicyclic) bond motifs is 2. The summed E-state index contributed by atoms with van der Waals surface area (Å²) in [7, 11) is 0. The molecule has 0 amide bonds. The van der Waals surface area contributed by atoms with Crippen LogP contribution in [0.4, 0.5) is 26.0 Å². The molecule has 154 valence electrons. The van der Waals surface area contributed by atoms with E-state index < -0.39 is 11.6 Å². The number of para-hydroxylation sites is 1. The summed E-state index contributed by atoms with van der Waals surface area (Å²) < 4.78 is 32.7. The number of aryl methyl sites for hydroxylation is 1. The van der Waals surface area contributed by atoms with Crippen LogP contribution in [-0.2, 0) is 6.54 Å². The van der Waals surface area contributed by atoms with Crippen LogP contribution in [0.15, 0.2) is 77.2 Å². The van der Waals surface area contributed by atoms with E-state index in [0.717, 1.165) is 45.1 Å². The molecule has 0 aliphatic heterocycles. The molecule has 0 atom stereocenters. The van der Waals surface area contributed by atoms with Crippen molar-refractivity contribution in [3.8, 4) is 0 Å². The van der Waals surface area contributed by atoms with E-state index in [0.29, 0.717) is 17.9 Å². The van der Waals surface area contributed by atoms with Gasteiger partial charge in [0, 0.05) is 29.1 Å². The third-order valence-corrected chi connectivity index (χ3v) is 5.07. The van der Waals surface area contributed by atoms with E-state index in [2.05, 4.69) is 10.6 Å². The molecule has 2 N–H and O–H groups in total. The van der Waals surface area contributed by atoms with Crippen LogP contribution in [0.2, 0.25) is 0 Å². The van der Waals surface area contributed by atoms with Gasteiger partial charge in [-0.25, -0.2) is 13.8 Å². The molecule has 5 aromatic rings. The van der Waals surface area contributed by atoms with Crippen molar-refractivity contribution >= 4 is 39.1 Å². The molecule has 0 aliphatic carbocycles. The van der Waals surface area contributed by atoms with Gasteiger partial charge in [-0.3, -0.25) is 0 Å². The summed E-state index contributed by atoms with van der Waals surface area (Å²) in [5, 5.41) is 8.52. The molecule has 0 unspecified atom stereocenters. The molecule has 31 heavy (non-hydrogen) atoms. The molecule has 0 aliphatic rings. The second-order valence-corrected chi connectivity index (χ2v) is 7.41. The van der Waals surface area contributed by atoms with Crippen LogP contribution in [0.25, 0.3) is 21.9 Å². The number of hydrogen-bond acceptors (Lipinski definition) is 4. The predicted octanol–water partition coefficient (Wildman–Crippen LogP) is 6.92. The van der Waals surface area contributed by atoms with Gasteiger partial charge in [-0.05, 0) is 61.0 Å². The van der Waals surface area contributed by atoms with E-state index in [-0.39, 0.29) is 0 Å². The van der Waals surface area contributed by atoms with Gasteiger partial charge in [-0.1, -0.05) is 18.2 Å². The van der Waals surface area contributed by atoms with Crippen LogP contribution in [0, 0.1) is 18.6 Å². The van der Waals surface area contributed by atoms with Gasteiger partial charge in [0.1, 0.15) is 23.2 Å². The number of halogens is 2. The van der Waals surface area contributed by atoms with Crippen molar-refractivity contribution in [2.75, 3.05) is 10.6 Å². The molecule has 2 aromatic heterocycles. The first-order valence-corrected chi connectivity index (χ1v) is 9.90. The number of nitrogens with zero attached hydrogens (tertiary/aromatic N) is 1. The Balaban J connectivity index is 1.41. The van der Waals surface area contributed by atoms with Crippen molar-refractivity contribution in [2.45, 2.75) is 13.5 Å². The lowest BCUT2D eigenvalue weighted by molar-refractivity contribution is 0.579. The zero-order chi connectivity index (χ0) is 21.4. The minimum Gasteiger partial charge on any atom is -0.459 e. The maximum atomic E-state index is 13.4. The highest BCUT2D eigenvalue weighted by Gasteiger charge is 2.09. The number of furan rings is 1. The molecular weight excluding hydrogens is 396 g/mol. The topological polar surface area (TPSA) is 50.1 Å². The fourth-order valence-electron chi connectivity index (χ4n) is 3.72. The Kier molecular flexibility index (Phi) is 4.75. The molecule has 4 nitrogen and oxygen atoms in total. The SMILES string of the molecule is Cc1cc2cccc(Nc3ccc4c(NCc5cc(F)cc(F)c5)cccc4n3)c2o1. The van der Waals surface area contributed by atoms with Crippen molar-refractivity contribution in [3.05, 3.63) is 95.8 Å².